The lowest BCUT2D eigenvalue weighted by molar-refractivity contribution is 0.745. The van der Waals surface area contributed by atoms with Gasteiger partial charge in [0.2, 0.25) is 0 Å². The van der Waals surface area contributed by atoms with Gasteiger partial charge >= 0.3 is 0 Å². The Hall–Kier alpha value is -1.46. The zero-order valence-electron chi connectivity index (χ0n) is 10.8. The van der Waals surface area contributed by atoms with Gasteiger partial charge in [0.05, 0.1) is 18.1 Å². The average Bonchev–Trinajstić information content (AvgIpc) is 2.78. The maximum Gasteiger partial charge on any atom is 0.160 e. The zero-order chi connectivity index (χ0) is 14.1. The van der Waals surface area contributed by atoms with Gasteiger partial charge in [0.1, 0.15) is 11.3 Å². The van der Waals surface area contributed by atoms with Gasteiger partial charge in [-0.1, -0.05) is 6.07 Å². The van der Waals surface area contributed by atoms with Crippen LogP contribution < -0.4 is 0 Å². The zero-order valence-corrected chi connectivity index (χ0v) is 13.2. The normalized spacial score (nSPS) is 11.2. The second-order valence-electron chi connectivity index (χ2n) is 4.51. The molecule has 0 fully saturated rings. The van der Waals surface area contributed by atoms with E-state index in [1.807, 2.05) is 29.7 Å². The Morgan fingerprint density at radius 3 is 2.95 bits per heavy atom. The minimum Gasteiger partial charge on any atom is -0.306 e. The smallest absolute Gasteiger partial charge is 0.160 e. The summed E-state index contributed by atoms with van der Waals surface area (Å²) in [5.74, 6) is 1.15. The Balaban J connectivity index is 2.12. The Bertz CT molecular complexity index is 769. The number of pyridine rings is 2. The molecule has 0 bridgehead atoms. The fourth-order valence-corrected chi connectivity index (χ4v) is 2.66. The van der Waals surface area contributed by atoms with Crippen LogP contribution in [-0.4, -0.2) is 19.5 Å². The van der Waals surface area contributed by atoms with E-state index in [1.54, 1.807) is 12.4 Å². The molecular weight excluding hydrogens is 340 g/mol. The minimum atomic E-state index is 0.347. The highest BCUT2D eigenvalue weighted by atomic mass is 79.9. The van der Waals surface area contributed by atoms with Crippen molar-refractivity contribution >= 4 is 38.7 Å². The second kappa shape index (κ2) is 5.50. The summed E-state index contributed by atoms with van der Waals surface area (Å²) in [5, 5.41) is 0. The van der Waals surface area contributed by atoms with Crippen molar-refractivity contribution in [3.05, 3.63) is 52.1 Å². The average molecular weight is 352 g/mol. The maximum atomic E-state index is 6.01. The van der Waals surface area contributed by atoms with E-state index in [1.165, 1.54) is 0 Å². The van der Waals surface area contributed by atoms with Gasteiger partial charge in [0.15, 0.2) is 5.65 Å². The molecule has 0 amide bonds. The van der Waals surface area contributed by atoms with Crippen LogP contribution in [-0.2, 0) is 12.4 Å². The molecule has 0 atom stereocenters. The van der Waals surface area contributed by atoms with E-state index in [0.717, 1.165) is 32.7 Å². The number of alkyl halides is 1. The van der Waals surface area contributed by atoms with Gasteiger partial charge in [-0.25, -0.2) is 9.97 Å². The van der Waals surface area contributed by atoms with Crippen molar-refractivity contribution in [3.63, 3.8) is 0 Å². The molecule has 3 aromatic heterocycles. The van der Waals surface area contributed by atoms with E-state index in [2.05, 4.69) is 30.9 Å². The summed E-state index contributed by atoms with van der Waals surface area (Å²) < 4.78 is 2.93. The molecule has 0 aliphatic carbocycles. The van der Waals surface area contributed by atoms with E-state index in [4.69, 9.17) is 11.6 Å². The first-order chi connectivity index (χ1) is 9.69. The fourth-order valence-electron chi connectivity index (χ4n) is 2.14. The van der Waals surface area contributed by atoms with Gasteiger partial charge in [-0.15, -0.1) is 11.6 Å². The van der Waals surface area contributed by atoms with E-state index in [-0.39, 0.29) is 0 Å². The number of imidazole rings is 1. The van der Waals surface area contributed by atoms with Crippen molar-refractivity contribution in [3.8, 4) is 0 Å². The predicted octanol–water partition coefficient (Wildman–Crippen LogP) is 3.68. The van der Waals surface area contributed by atoms with Crippen LogP contribution in [0.15, 0.2) is 35.1 Å². The summed E-state index contributed by atoms with van der Waals surface area (Å²) in [6.07, 6.45) is 3.57. The highest BCUT2D eigenvalue weighted by Gasteiger charge is 2.13. The van der Waals surface area contributed by atoms with Crippen LogP contribution in [0, 0.1) is 6.92 Å². The van der Waals surface area contributed by atoms with E-state index in [0.29, 0.717) is 12.4 Å². The van der Waals surface area contributed by atoms with E-state index in [9.17, 15) is 0 Å². The molecule has 0 saturated heterocycles. The van der Waals surface area contributed by atoms with Crippen LogP contribution in [0.2, 0.25) is 0 Å². The van der Waals surface area contributed by atoms with Crippen molar-refractivity contribution in [1.29, 1.82) is 0 Å². The quantitative estimate of drug-likeness (QED) is 0.676. The molecule has 0 aliphatic heterocycles. The molecule has 4 nitrogen and oxygen atoms in total. The summed E-state index contributed by atoms with van der Waals surface area (Å²) in [6.45, 7) is 2.67. The Labute approximate surface area is 130 Å². The molecule has 0 aliphatic rings. The Morgan fingerprint density at radius 2 is 2.20 bits per heavy atom. The van der Waals surface area contributed by atoms with Gasteiger partial charge < -0.3 is 4.57 Å². The van der Waals surface area contributed by atoms with Crippen molar-refractivity contribution in [2.75, 3.05) is 0 Å². The SMILES string of the molecule is Cc1cccnc1Cn1c(CCl)nc2cc(Br)cnc21. The van der Waals surface area contributed by atoms with E-state index < -0.39 is 0 Å². The first kappa shape index (κ1) is 13.5. The van der Waals surface area contributed by atoms with Gasteiger partial charge in [0.25, 0.3) is 0 Å². The molecule has 0 aromatic carbocycles. The highest BCUT2D eigenvalue weighted by molar-refractivity contribution is 9.10. The minimum absolute atomic E-state index is 0.347. The van der Waals surface area contributed by atoms with Crippen molar-refractivity contribution < 1.29 is 0 Å². The molecule has 0 radical (unpaired) electrons. The van der Waals surface area contributed by atoms with Crippen molar-refractivity contribution in [1.82, 2.24) is 19.5 Å². The van der Waals surface area contributed by atoms with Crippen LogP contribution in [0.1, 0.15) is 17.1 Å². The second-order valence-corrected chi connectivity index (χ2v) is 5.69. The molecule has 0 N–H and O–H groups in total. The fraction of sp³-hybridized carbons (Fsp3) is 0.214. The number of fused-ring (bicyclic) bond motifs is 1. The first-order valence-electron chi connectivity index (χ1n) is 6.16. The summed E-state index contributed by atoms with van der Waals surface area (Å²) in [6, 6.07) is 5.93. The van der Waals surface area contributed by atoms with Crippen molar-refractivity contribution in [2.24, 2.45) is 0 Å². The Kier molecular flexibility index (Phi) is 3.72. The van der Waals surface area contributed by atoms with Gasteiger partial charge in [-0.2, -0.15) is 0 Å². The highest BCUT2D eigenvalue weighted by Crippen LogP contribution is 2.21. The van der Waals surface area contributed by atoms with Crippen LogP contribution >= 0.6 is 27.5 Å². The van der Waals surface area contributed by atoms with Crippen LogP contribution in [0.5, 0.6) is 0 Å². The molecule has 0 saturated carbocycles. The monoisotopic (exact) mass is 350 g/mol. The molecule has 0 unspecified atom stereocenters. The number of aromatic nitrogens is 4. The molecule has 6 heteroatoms. The molecule has 0 spiro atoms. The van der Waals surface area contributed by atoms with Gasteiger partial charge in [-0.3, -0.25) is 4.98 Å². The van der Waals surface area contributed by atoms with E-state index >= 15 is 0 Å². The number of hydrogen-bond acceptors (Lipinski definition) is 3. The largest absolute Gasteiger partial charge is 0.306 e. The number of nitrogens with zero attached hydrogens (tertiary/aromatic N) is 4. The third-order valence-electron chi connectivity index (χ3n) is 3.18. The number of aryl methyl sites for hydroxylation is 1. The lowest BCUT2D eigenvalue weighted by Crippen LogP contribution is -2.07. The third-order valence-corrected chi connectivity index (χ3v) is 3.85. The maximum absolute atomic E-state index is 6.01. The summed E-state index contributed by atoms with van der Waals surface area (Å²) in [7, 11) is 0. The lowest BCUT2D eigenvalue weighted by atomic mass is 10.2. The number of hydrogen-bond donors (Lipinski definition) is 0. The van der Waals surface area contributed by atoms with Gasteiger partial charge in [-0.05, 0) is 40.5 Å². The first-order valence-corrected chi connectivity index (χ1v) is 7.49. The van der Waals surface area contributed by atoms with Crippen LogP contribution in [0.4, 0.5) is 0 Å². The standard InChI is InChI=1S/C14H12BrClN4/c1-9-3-2-4-17-12(9)8-20-13(6-16)19-11-5-10(15)7-18-14(11)20/h2-5,7H,6,8H2,1H3. The number of halogens is 2. The molecule has 3 heterocycles. The molecular formula is C14H12BrClN4. The van der Waals surface area contributed by atoms with Crippen molar-refractivity contribution in [2.45, 2.75) is 19.3 Å². The topological polar surface area (TPSA) is 43.6 Å². The predicted molar refractivity (Wildman–Crippen MR) is 82.9 cm³/mol. The Morgan fingerprint density at radius 1 is 1.35 bits per heavy atom. The molecule has 3 aromatic rings. The third kappa shape index (κ3) is 2.43. The summed E-state index contributed by atoms with van der Waals surface area (Å²) >= 11 is 9.42. The molecule has 20 heavy (non-hydrogen) atoms. The lowest BCUT2D eigenvalue weighted by Gasteiger charge is -2.08. The summed E-state index contributed by atoms with van der Waals surface area (Å²) in [5.41, 5.74) is 3.81. The van der Waals surface area contributed by atoms with Crippen LogP contribution in [0.25, 0.3) is 11.2 Å². The molecule has 3 rings (SSSR count). The summed E-state index contributed by atoms with van der Waals surface area (Å²) in [4.78, 5) is 13.4. The van der Waals surface area contributed by atoms with Gasteiger partial charge in [0, 0.05) is 16.9 Å². The molecule has 102 valence electrons. The van der Waals surface area contributed by atoms with Crippen LogP contribution in [0.3, 0.4) is 0 Å². The number of rotatable bonds is 3.